The van der Waals surface area contributed by atoms with Gasteiger partial charge >= 0.3 is 0 Å². The number of allylic oxidation sites excluding steroid dienone is 1. The Balaban J connectivity index is 2.75. The summed E-state index contributed by atoms with van der Waals surface area (Å²) < 4.78 is 0. The number of hydrogen-bond donors (Lipinski definition) is 1. The van der Waals surface area contributed by atoms with Crippen LogP contribution in [0.25, 0.3) is 0 Å². The number of aromatic nitrogens is 1. The van der Waals surface area contributed by atoms with E-state index in [0.717, 1.165) is 32.2 Å². The molecule has 0 fully saturated rings. The summed E-state index contributed by atoms with van der Waals surface area (Å²) in [6.45, 7) is 9.24. The normalized spacial score (nSPS) is 12.3. The highest BCUT2D eigenvalue weighted by atomic mass is 14.9. The first kappa shape index (κ1) is 14.9. The van der Waals surface area contributed by atoms with Crippen molar-refractivity contribution in [3.8, 4) is 0 Å². The van der Waals surface area contributed by atoms with Crippen molar-refractivity contribution < 1.29 is 0 Å². The molecule has 1 rings (SSSR count). The van der Waals surface area contributed by atoms with E-state index < -0.39 is 0 Å². The number of nitrogens with one attached hydrogen (secondary N) is 1. The maximum absolute atomic E-state index is 4.59. The summed E-state index contributed by atoms with van der Waals surface area (Å²) in [5.41, 5.74) is 2.60. The van der Waals surface area contributed by atoms with E-state index in [1.165, 1.54) is 17.7 Å². The van der Waals surface area contributed by atoms with Gasteiger partial charge in [-0.3, -0.25) is 4.98 Å². The molecule has 0 radical (unpaired) electrons. The van der Waals surface area contributed by atoms with Crippen LogP contribution in [0, 0.1) is 0 Å². The van der Waals surface area contributed by atoms with Crippen LogP contribution in [0.2, 0.25) is 0 Å². The summed E-state index contributed by atoms with van der Waals surface area (Å²) in [5, 5.41) is 3.62. The van der Waals surface area contributed by atoms with E-state index in [1.54, 1.807) is 0 Å². The molecule has 1 aromatic heterocycles. The van der Waals surface area contributed by atoms with Gasteiger partial charge in [0.1, 0.15) is 0 Å². The number of nitrogens with zero attached hydrogens (tertiary/aromatic N) is 1. The van der Waals surface area contributed by atoms with E-state index in [0.29, 0.717) is 6.04 Å². The lowest BCUT2D eigenvalue weighted by molar-refractivity contribution is 0.473. The summed E-state index contributed by atoms with van der Waals surface area (Å²) in [5.74, 6) is 0. The minimum absolute atomic E-state index is 0.390. The van der Waals surface area contributed by atoms with E-state index in [9.17, 15) is 0 Å². The van der Waals surface area contributed by atoms with Crippen LogP contribution in [0.4, 0.5) is 0 Å². The van der Waals surface area contributed by atoms with Crippen LogP contribution in [0.5, 0.6) is 0 Å². The third-order valence-corrected chi connectivity index (χ3v) is 3.18. The average Bonchev–Trinajstić information content (AvgIpc) is 2.42. The van der Waals surface area contributed by atoms with Gasteiger partial charge in [-0.2, -0.15) is 0 Å². The van der Waals surface area contributed by atoms with Crippen molar-refractivity contribution in [3.63, 3.8) is 0 Å². The lowest BCUT2D eigenvalue weighted by Crippen LogP contribution is -2.24. The monoisotopic (exact) mass is 246 g/mol. The van der Waals surface area contributed by atoms with Gasteiger partial charge in [-0.25, -0.2) is 0 Å². The minimum Gasteiger partial charge on any atom is -0.309 e. The summed E-state index contributed by atoms with van der Waals surface area (Å²) in [6.07, 6.45) is 9.50. The molecule has 0 aliphatic rings. The molecule has 2 nitrogen and oxygen atoms in total. The molecule has 0 bridgehead atoms. The highest BCUT2D eigenvalue weighted by Crippen LogP contribution is 2.21. The number of pyridine rings is 1. The molecule has 0 amide bonds. The number of aryl methyl sites for hydroxylation is 1. The molecular formula is C16H26N2. The zero-order chi connectivity index (χ0) is 13.2. The molecule has 100 valence electrons. The van der Waals surface area contributed by atoms with Crippen LogP contribution in [-0.2, 0) is 6.42 Å². The Morgan fingerprint density at radius 3 is 2.94 bits per heavy atom. The zero-order valence-corrected chi connectivity index (χ0v) is 11.8. The molecule has 1 N–H and O–H groups in total. The molecule has 1 atom stereocenters. The van der Waals surface area contributed by atoms with Crippen LogP contribution in [0.1, 0.15) is 56.8 Å². The number of unbranched alkanes of at least 4 members (excludes halogenated alkanes) is 1. The molecule has 0 aliphatic carbocycles. The lowest BCUT2D eigenvalue weighted by Gasteiger charge is -2.20. The van der Waals surface area contributed by atoms with Gasteiger partial charge in [-0.1, -0.05) is 26.0 Å². The number of rotatable bonds is 9. The van der Waals surface area contributed by atoms with E-state index in [2.05, 4.69) is 36.8 Å². The van der Waals surface area contributed by atoms with Gasteiger partial charge < -0.3 is 5.32 Å². The van der Waals surface area contributed by atoms with Crippen LogP contribution in [-0.4, -0.2) is 11.5 Å². The standard InChI is InChI=1S/C16H26N2/c1-4-7-8-11-15(17-12-5-2)16-14(6-3)10-9-13-18-16/h4,9-10,13,15,17H,1,5-8,11-12H2,2-3H3. The Kier molecular flexibility index (Phi) is 7.35. The van der Waals surface area contributed by atoms with Crippen molar-refractivity contribution in [2.45, 2.75) is 52.0 Å². The maximum Gasteiger partial charge on any atom is 0.0604 e. The van der Waals surface area contributed by atoms with E-state index >= 15 is 0 Å². The Bertz CT molecular complexity index is 347. The largest absolute Gasteiger partial charge is 0.309 e. The second kappa shape index (κ2) is 8.87. The van der Waals surface area contributed by atoms with E-state index in [4.69, 9.17) is 0 Å². The zero-order valence-electron chi connectivity index (χ0n) is 11.8. The van der Waals surface area contributed by atoms with Crippen molar-refractivity contribution in [1.82, 2.24) is 10.3 Å². The van der Waals surface area contributed by atoms with Crippen LogP contribution in [0.15, 0.2) is 31.0 Å². The summed E-state index contributed by atoms with van der Waals surface area (Å²) in [7, 11) is 0. The molecule has 0 aromatic carbocycles. The molecule has 0 aliphatic heterocycles. The number of hydrogen-bond acceptors (Lipinski definition) is 2. The van der Waals surface area contributed by atoms with Crippen molar-refractivity contribution >= 4 is 0 Å². The summed E-state index contributed by atoms with van der Waals surface area (Å²) in [6, 6.07) is 4.61. The predicted molar refractivity (Wildman–Crippen MR) is 78.7 cm³/mol. The van der Waals surface area contributed by atoms with Crippen LogP contribution < -0.4 is 5.32 Å². The Labute approximate surface area is 112 Å². The summed E-state index contributed by atoms with van der Waals surface area (Å²) >= 11 is 0. The Hall–Kier alpha value is -1.15. The topological polar surface area (TPSA) is 24.9 Å². The third-order valence-electron chi connectivity index (χ3n) is 3.18. The average molecular weight is 246 g/mol. The van der Waals surface area contributed by atoms with Gasteiger partial charge in [0.05, 0.1) is 5.69 Å². The lowest BCUT2D eigenvalue weighted by atomic mass is 10.00. The van der Waals surface area contributed by atoms with E-state index in [1.807, 2.05) is 18.3 Å². The van der Waals surface area contributed by atoms with Gasteiger partial charge in [-0.15, -0.1) is 6.58 Å². The van der Waals surface area contributed by atoms with Crippen molar-refractivity contribution in [1.29, 1.82) is 0 Å². The first-order valence-electron chi connectivity index (χ1n) is 7.11. The molecule has 18 heavy (non-hydrogen) atoms. The van der Waals surface area contributed by atoms with Crippen LogP contribution >= 0.6 is 0 Å². The molecule has 1 unspecified atom stereocenters. The third kappa shape index (κ3) is 4.61. The molecule has 0 saturated heterocycles. The van der Waals surface area contributed by atoms with Crippen molar-refractivity contribution in [3.05, 3.63) is 42.2 Å². The molecule has 1 heterocycles. The second-order valence-electron chi connectivity index (χ2n) is 4.63. The quantitative estimate of drug-likeness (QED) is 0.525. The maximum atomic E-state index is 4.59. The second-order valence-corrected chi connectivity index (χ2v) is 4.63. The van der Waals surface area contributed by atoms with E-state index in [-0.39, 0.29) is 0 Å². The highest BCUT2D eigenvalue weighted by molar-refractivity contribution is 5.22. The Morgan fingerprint density at radius 2 is 2.28 bits per heavy atom. The first-order valence-corrected chi connectivity index (χ1v) is 7.11. The SMILES string of the molecule is C=CCCCC(NCCC)c1ncccc1CC. The molecule has 0 spiro atoms. The fraction of sp³-hybridized carbons (Fsp3) is 0.562. The Morgan fingerprint density at radius 1 is 1.44 bits per heavy atom. The fourth-order valence-electron chi connectivity index (χ4n) is 2.18. The van der Waals surface area contributed by atoms with Gasteiger partial charge in [0, 0.05) is 12.2 Å². The summed E-state index contributed by atoms with van der Waals surface area (Å²) in [4.78, 5) is 4.59. The van der Waals surface area contributed by atoms with Gasteiger partial charge in [0.2, 0.25) is 0 Å². The van der Waals surface area contributed by atoms with Crippen LogP contribution in [0.3, 0.4) is 0 Å². The van der Waals surface area contributed by atoms with Gasteiger partial charge in [0.15, 0.2) is 0 Å². The van der Waals surface area contributed by atoms with Gasteiger partial charge in [0.25, 0.3) is 0 Å². The fourth-order valence-corrected chi connectivity index (χ4v) is 2.18. The predicted octanol–water partition coefficient (Wildman–Crippen LogP) is 4.04. The van der Waals surface area contributed by atoms with Crippen molar-refractivity contribution in [2.24, 2.45) is 0 Å². The molecular weight excluding hydrogens is 220 g/mol. The van der Waals surface area contributed by atoms with Crippen molar-refractivity contribution in [2.75, 3.05) is 6.54 Å². The first-order chi connectivity index (χ1) is 8.83. The van der Waals surface area contributed by atoms with Gasteiger partial charge in [-0.05, 0) is 50.3 Å². The minimum atomic E-state index is 0.390. The molecule has 2 heteroatoms. The smallest absolute Gasteiger partial charge is 0.0604 e. The highest BCUT2D eigenvalue weighted by Gasteiger charge is 2.14. The molecule has 0 saturated carbocycles. The molecule has 1 aromatic rings.